The number of nitrogens with zero attached hydrogens (tertiary/aromatic N) is 3. The summed E-state index contributed by atoms with van der Waals surface area (Å²) in [6.07, 6.45) is 0. The van der Waals surface area contributed by atoms with Crippen LogP contribution in [0.4, 0.5) is 5.69 Å². The van der Waals surface area contributed by atoms with Gasteiger partial charge in [0.15, 0.2) is 0 Å². The average molecular weight is 281 g/mol. The van der Waals surface area contributed by atoms with E-state index >= 15 is 0 Å². The van der Waals surface area contributed by atoms with E-state index in [-0.39, 0.29) is 10.6 Å². The van der Waals surface area contributed by atoms with Crippen molar-refractivity contribution in [1.29, 1.82) is 0 Å². The van der Waals surface area contributed by atoms with Gasteiger partial charge in [0.05, 0.1) is 10.4 Å². The molecule has 1 aromatic heterocycles. The predicted molar refractivity (Wildman–Crippen MR) is 82.2 cm³/mol. The van der Waals surface area contributed by atoms with Crippen LogP contribution in [0.15, 0.2) is 42.5 Å². The molecule has 0 saturated carbocycles. The Balaban J connectivity index is 2.36. The van der Waals surface area contributed by atoms with Gasteiger partial charge in [-0.15, -0.1) is 0 Å². The lowest BCUT2D eigenvalue weighted by atomic mass is 10.1. The van der Waals surface area contributed by atoms with Gasteiger partial charge in [0.1, 0.15) is 11.1 Å². The Morgan fingerprint density at radius 3 is 2.52 bits per heavy atom. The Bertz CT molecular complexity index is 819. The molecule has 0 bridgehead atoms. The van der Waals surface area contributed by atoms with Gasteiger partial charge in [-0.1, -0.05) is 35.9 Å². The first-order valence-corrected chi connectivity index (χ1v) is 6.82. The van der Waals surface area contributed by atoms with Crippen LogP contribution in [0.2, 0.25) is 0 Å². The summed E-state index contributed by atoms with van der Waals surface area (Å²) < 4.78 is 1.80. The Labute approximate surface area is 122 Å². The molecule has 0 aliphatic rings. The van der Waals surface area contributed by atoms with E-state index in [1.54, 1.807) is 10.7 Å². The van der Waals surface area contributed by atoms with E-state index in [1.807, 2.05) is 44.2 Å². The van der Waals surface area contributed by atoms with E-state index in [4.69, 9.17) is 0 Å². The zero-order valence-corrected chi connectivity index (χ0v) is 11.9. The SMILES string of the molecule is CCn1nc(-c2ccc(C)cc2)c2c([N+](=O)[O-])cccc21. The fourth-order valence-corrected chi connectivity index (χ4v) is 2.52. The molecule has 0 fully saturated rings. The molecule has 3 aromatic rings. The molecule has 0 spiro atoms. The molecule has 0 aliphatic carbocycles. The molecule has 0 atom stereocenters. The van der Waals surface area contributed by atoms with Crippen molar-refractivity contribution in [3.63, 3.8) is 0 Å². The summed E-state index contributed by atoms with van der Waals surface area (Å²) in [6, 6.07) is 13.0. The summed E-state index contributed by atoms with van der Waals surface area (Å²) in [4.78, 5) is 11.0. The summed E-state index contributed by atoms with van der Waals surface area (Å²) in [5, 5.41) is 16.5. The smallest absolute Gasteiger partial charge is 0.264 e. The summed E-state index contributed by atoms with van der Waals surface area (Å²) >= 11 is 0. The number of aryl methyl sites for hydroxylation is 2. The molecule has 0 unspecified atom stereocenters. The van der Waals surface area contributed by atoms with Crippen LogP contribution < -0.4 is 0 Å². The number of hydrogen-bond acceptors (Lipinski definition) is 3. The van der Waals surface area contributed by atoms with Crippen LogP contribution in [-0.4, -0.2) is 14.7 Å². The van der Waals surface area contributed by atoms with Gasteiger partial charge in [0, 0.05) is 18.2 Å². The van der Waals surface area contributed by atoms with E-state index in [1.165, 1.54) is 6.07 Å². The van der Waals surface area contributed by atoms with Gasteiger partial charge >= 0.3 is 0 Å². The minimum atomic E-state index is -0.346. The monoisotopic (exact) mass is 281 g/mol. The van der Waals surface area contributed by atoms with Crippen LogP contribution in [-0.2, 0) is 6.54 Å². The molecule has 2 aromatic carbocycles. The lowest BCUT2D eigenvalue weighted by Gasteiger charge is -1.99. The maximum Gasteiger partial charge on any atom is 0.281 e. The molecule has 0 aliphatic heterocycles. The van der Waals surface area contributed by atoms with Gasteiger partial charge < -0.3 is 0 Å². The molecular formula is C16H15N3O2. The molecule has 5 nitrogen and oxygen atoms in total. The Hall–Kier alpha value is -2.69. The van der Waals surface area contributed by atoms with Gasteiger partial charge in [-0.2, -0.15) is 5.10 Å². The first-order chi connectivity index (χ1) is 10.1. The van der Waals surface area contributed by atoms with Crippen LogP contribution >= 0.6 is 0 Å². The minimum absolute atomic E-state index is 0.0998. The molecule has 21 heavy (non-hydrogen) atoms. The second-order valence-corrected chi connectivity index (χ2v) is 4.96. The van der Waals surface area contributed by atoms with E-state index in [9.17, 15) is 10.1 Å². The molecule has 5 heteroatoms. The predicted octanol–water partition coefficient (Wildman–Crippen LogP) is 3.94. The molecule has 106 valence electrons. The first kappa shape index (κ1) is 13.3. The van der Waals surface area contributed by atoms with Crippen molar-refractivity contribution in [2.75, 3.05) is 0 Å². The lowest BCUT2D eigenvalue weighted by molar-refractivity contribution is -0.383. The Morgan fingerprint density at radius 2 is 1.90 bits per heavy atom. The summed E-state index contributed by atoms with van der Waals surface area (Å²) in [6.45, 7) is 4.66. The molecule has 3 rings (SSSR count). The number of fused-ring (bicyclic) bond motifs is 1. The van der Waals surface area contributed by atoms with Gasteiger partial charge in [-0.25, -0.2) is 0 Å². The molecule has 0 radical (unpaired) electrons. The second kappa shape index (κ2) is 5.01. The highest BCUT2D eigenvalue weighted by atomic mass is 16.6. The van der Waals surface area contributed by atoms with Gasteiger partial charge in [-0.05, 0) is 19.9 Å². The van der Waals surface area contributed by atoms with Crippen LogP contribution in [0.3, 0.4) is 0 Å². The van der Waals surface area contributed by atoms with Crippen molar-refractivity contribution in [3.8, 4) is 11.3 Å². The number of aromatic nitrogens is 2. The number of nitro groups is 1. The van der Waals surface area contributed by atoms with Gasteiger partial charge in [0.25, 0.3) is 5.69 Å². The Morgan fingerprint density at radius 1 is 1.19 bits per heavy atom. The molecular weight excluding hydrogens is 266 g/mol. The first-order valence-electron chi connectivity index (χ1n) is 6.82. The van der Waals surface area contributed by atoms with Crippen molar-refractivity contribution < 1.29 is 4.92 Å². The highest BCUT2D eigenvalue weighted by Gasteiger charge is 2.21. The topological polar surface area (TPSA) is 61.0 Å². The maximum atomic E-state index is 11.3. The van der Waals surface area contributed by atoms with E-state index in [0.717, 1.165) is 16.6 Å². The molecule has 1 heterocycles. The fourth-order valence-electron chi connectivity index (χ4n) is 2.52. The van der Waals surface area contributed by atoms with Crippen molar-refractivity contribution in [2.24, 2.45) is 0 Å². The third-order valence-corrected chi connectivity index (χ3v) is 3.58. The number of non-ortho nitro benzene ring substituents is 1. The molecule has 0 saturated heterocycles. The van der Waals surface area contributed by atoms with Crippen molar-refractivity contribution in [1.82, 2.24) is 9.78 Å². The zero-order valence-electron chi connectivity index (χ0n) is 11.9. The van der Waals surface area contributed by atoms with Crippen LogP contribution in [0.1, 0.15) is 12.5 Å². The van der Waals surface area contributed by atoms with Crippen molar-refractivity contribution in [2.45, 2.75) is 20.4 Å². The summed E-state index contributed by atoms with van der Waals surface area (Å²) in [5.74, 6) is 0. The average Bonchev–Trinajstić information content (AvgIpc) is 2.86. The summed E-state index contributed by atoms with van der Waals surface area (Å²) in [7, 11) is 0. The maximum absolute atomic E-state index is 11.3. The number of hydrogen-bond donors (Lipinski definition) is 0. The zero-order chi connectivity index (χ0) is 15.0. The van der Waals surface area contributed by atoms with E-state index < -0.39 is 0 Å². The van der Waals surface area contributed by atoms with Crippen molar-refractivity contribution >= 4 is 16.6 Å². The highest BCUT2D eigenvalue weighted by molar-refractivity contribution is 6.00. The normalized spacial score (nSPS) is 11.0. The third-order valence-electron chi connectivity index (χ3n) is 3.58. The quantitative estimate of drug-likeness (QED) is 0.539. The van der Waals surface area contributed by atoms with E-state index in [0.29, 0.717) is 17.6 Å². The van der Waals surface area contributed by atoms with E-state index in [2.05, 4.69) is 5.10 Å². The lowest BCUT2D eigenvalue weighted by Crippen LogP contribution is -1.95. The van der Waals surface area contributed by atoms with Crippen molar-refractivity contribution in [3.05, 3.63) is 58.1 Å². The number of nitro benzene ring substituents is 1. The van der Waals surface area contributed by atoms with Crippen LogP contribution in [0, 0.1) is 17.0 Å². The largest absolute Gasteiger partial charge is 0.281 e. The Kier molecular flexibility index (Phi) is 3.17. The third kappa shape index (κ3) is 2.16. The summed E-state index contributed by atoms with van der Waals surface area (Å²) in [5.41, 5.74) is 3.60. The van der Waals surface area contributed by atoms with Gasteiger partial charge in [-0.3, -0.25) is 14.8 Å². The standard InChI is InChI=1S/C16H15N3O2/c1-3-18-13-5-4-6-14(19(20)21)15(13)16(17-18)12-9-7-11(2)8-10-12/h4-10H,3H2,1-2H3. The molecule has 0 N–H and O–H groups in total. The fraction of sp³-hybridized carbons (Fsp3) is 0.188. The molecule has 0 amide bonds. The van der Waals surface area contributed by atoms with Gasteiger partial charge in [0.2, 0.25) is 0 Å². The highest BCUT2D eigenvalue weighted by Crippen LogP contribution is 2.34. The van der Waals surface area contributed by atoms with Crippen LogP contribution in [0.5, 0.6) is 0 Å². The number of benzene rings is 2. The minimum Gasteiger partial charge on any atom is -0.264 e. The van der Waals surface area contributed by atoms with Crippen LogP contribution in [0.25, 0.3) is 22.2 Å². The number of rotatable bonds is 3. The second-order valence-electron chi connectivity index (χ2n) is 4.96.